The van der Waals surface area contributed by atoms with Crippen LogP contribution in [-0.4, -0.2) is 37.1 Å². The number of benzene rings is 12. The van der Waals surface area contributed by atoms with E-state index in [-0.39, 0.29) is 25.0 Å². The zero-order valence-corrected chi connectivity index (χ0v) is 56.7. The van der Waals surface area contributed by atoms with Crippen LogP contribution in [0.5, 0.6) is 11.5 Å². The van der Waals surface area contributed by atoms with Gasteiger partial charge >= 0.3 is 18.1 Å². The van der Waals surface area contributed by atoms with Crippen LogP contribution in [0.2, 0.25) is 0 Å². The summed E-state index contributed by atoms with van der Waals surface area (Å²) in [6, 6.07) is 107. The van der Waals surface area contributed by atoms with Gasteiger partial charge in [0, 0.05) is 100 Å². The topological polar surface area (TPSA) is 118 Å². The Morgan fingerprint density at radius 1 is 0.280 bits per heavy atom. The molecule has 0 saturated carbocycles. The highest BCUT2D eigenvalue weighted by molar-refractivity contribution is 5.84. The van der Waals surface area contributed by atoms with Crippen molar-refractivity contribution in [1.29, 1.82) is 0 Å². The van der Waals surface area contributed by atoms with Crippen LogP contribution in [0, 0.1) is 13.8 Å². The Kier molecular flexibility index (Phi) is 23.9. The van der Waals surface area contributed by atoms with Crippen LogP contribution in [0.25, 0.3) is 22.3 Å². The Balaban J connectivity index is 0.000000202. The van der Waals surface area contributed by atoms with Crippen LogP contribution in [0.1, 0.15) is 63.5 Å². The largest absolute Gasteiger partial charge is 0.513 e. The van der Waals surface area contributed by atoms with Crippen molar-refractivity contribution >= 4 is 92.1 Å². The Bertz CT molecular complexity index is 4610. The van der Waals surface area contributed by atoms with Crippen LogP contribution in [0.15, 0.2) is 315 Å². The molecule has 0 bridgehead atoms. The lowest BCUT2D eigenvalue weighted by Gasteiger charge is -2.26. The molecule has 0 aliphatic rings. The minimum atomic E-state index is -0.878. The molecule has 0 radical (unpaired) electrons. The van der Waals surface area contributed by atoms with Crippen molar-refractivity contribution in [1.82, 2.24) is 0 Å². The Morgan fingerprint density at radius 2 is 0.570 bits per heavy atom. The van der Waals surface area contributed by atoms with Crippen molar-refractivity contribution in [3.63, 3.8) is 0 Å². The molecule has 0 fully saturated rings. The summed E-state index contributed by atoms with van der Waals surface area (Å²) in [5, 5.41) is 0. The normalized spacial score (nSPS) is 10.7. The predicted octanol–water partition coefficient (Wildman–Crippen LogP) is 23.1. The van der Waals surface area contributed by atoms with Crippen LogP contribution < -0.4 is 29.1 Å². The Morgan fingerprint density at radius 3 is 0.900 bits per heavy atom. The third-order valence-electron chi connectivity index (χ3n) is 16.6. The number of carbonyl (C=O) groups excluding carboxylic acids is 4. The van der Waals surface area contributed by atoms with E-state index in [0.717, 1.165) is 116 Å². The first-order valence-electron chi connectivity index (χ1n) is 33.7. The third-order valence-corrected chi connectivity index (χ3v) is 16.6. The van der Waals surface area contributed by atoms with Crippen molar-refractivity contribution in [2.45, 2.75) is 66.2 Å². The van der Waals surface area contributed by atoms with Crippen LogP contribution in [0.4, 0.5) is 73.0 Å². The van der Waals surface area contributed by atoms with E-state index in [1.165, 1.54) is 18.1 Å². The molecule has 0 amide bonds. The molecule has 12 aromatic rings. The summed E-state index contributed by atoms with van der Waals surface area (Å²) >= 11 is 0. The van der Waals surface area contributed by atoms with Gasteiger partial charge in [-0.1, -0.05) is 171 Å². The third kappa shape index (κ3) is 19.0. The number of para-hydroxylation sites is 4. The van der Waals surface area contributed by atoms with E-state index in [2.05, 4.69) is 240 Å². The first-order valence-corrected chi connectivity index (χ1v) is 33.7. The fourth-order valence-electron chi connectivity index (χ4n) is 11.8. The van der Waals surface area contributed by atoms with E-state index >= 15 is 0 Å². The molecule has 12 aromatic carbocycles. The number of aryl methyl sites for hydroxylation is 2. The van der Waals surface area contributed by atoms with Crippen molar-refractivity contribution in [3.8, 4) is 33.8 Å². The SMILES string of the molecule is CC(=O)CCCCCCC(=O)Oc1cccc(N(c2ccccc2)c2ccc(-c3ccc(N(c4ccccc4)c4cccc(C)c4)cc3)cc2)c1.CC(=O)OCCOC(=O)Oc1cccc(N(c2ccccc2)c2ccc(-c3ccc(N(c4ccccc4)c4cccc(C)c4)cc3)cc2)c1. The lowest BCUT2D eigenvalue weighted by Crippen LogP contribution is -2.16. The Labute approximate surface area is 586 Å². The average Bonchev–Trinajstić information content (AvgIpc) is 0.813. The molecule has 0 saturated heterocycles. The van der Waals surface area contributed by atoms with Crippen molar-refractivity contribution in [3.05, 3.63) is 327 Å². The molecule has 0 heterocycles. The highest BCUT2D eigenvalue weighted by atomic mass is 16.7. The van der Waals surface area contributed by atoms with E-state index in [0.29, 0.717) is 24.3 Å². The number of rotatable bonds is 26. The molecule has 12 rings (SSSR count). The molecular formula is C88H80N4O8. The standard InChI is InChI=1S/C46H44N2O3.C42H36N2O5/c1-35-15-13-21-43(33-35)47(39-17-8-5-9-18-39)41-29-25-37(26-30-41)38-27-31-42(32-28-38)48(40-19-10-6-11-20-40)44-22-14-23-45(34-44)51-46(50)24-12-4-3-7-16-36(2)49;1-31-11-9-16-39(29-31)43(35-12-5-3-6-13-35)37-23-19-33(20-24-37)34-21-25-38(26-22-34)44(36-14-7-4-8-15-36)40-17-10-18-41(30-40)49-42(46)48-28-27-47-32(2)45/h5-6,8-11,13-15,17-23,25-34H,3-4,7,12,16,24H2,1-2H3;3-26,29-30H,27-28H2,1-2H3. The predicted molar refractivity (Wildman–Crippen MR) is 405 cm³/mol. The quantitative estimate of drug-likeness (QED) is 0.0222. The Hall–Kier alpha value is -12.3. The number of nitrogens with zero attached hydrogens (tertiary/aromatic N) is 4. The molecule has 500 valence electrons. The second-order valence-electron chi connectivity index (χ2n) is 24.2. The number of hydrogen-bond acceptors (Lipinski definition) is 12. The van der Waals surface area contributed by atoms with Gasteiger partial charge < -0.3 is 43.3 Å². The second-order valence-corrected chi connectivity index (χ2v) is 24.2. The molecule has 0 unspecified atom stereocenters. The maximum absolute atomic E-state index is 12.7. The van der Waals surface area contributed by atoms with E-state index in [4.69, 9.17) is 18.9 Å². The van der Waals surface area contributed by atoms with Gasteiger partial charge in [-0.3, -0.25) is 9.59 Å². The molecule has 0 N–H and O–H groups in total. The number of ether oxygens (including phenoxy) is 4. The zero-order valence-electron chi connectivity index (χ0n) is 56.7. The van der Waals surface area contributed by atoms with Crippen molar-refractivity contribution in [2.24, 2.45) is 0 Å². The van der Waals surface area contributed by atoms with E-state index < -0.39 is 12.1 Å². The summed E-state index contributed by atoms with van der Waals surface area (Å²) < 4.78 is 21.0. The monoisotopic (exact) mass is 1320 g/mol. The highest BCUT2D eigenvalue weighted by Gasteiger charge is 2.20. The van der Waals surface area contributed by atoms with Crippen LogP contribution in [-0.2, 0) is 23.9 Å². The summed E-state index contributed by atoms with van der Waals surface area (Å²) in [4.78, 5) is 55.8. The minimum absolute atomic E-state index is 0.0358. The van der Waals surface area contributed by atoms with Gasteiger partial charge in [0.2, 0.25) is 0 Å². The molecule has 0 atom stereocenters. The first-order chi connectivity index (χ1) is 48.9. The second kappa shape index (κ2) is 34.6. The maximum Gasteiger partial charge on any atom is 0.513 e. The number of ketones is 1. The van der Waals surface area contributed by atoms with Crippen LogP contribution >= 0.6 is 0 Å². The smallest absolute Gasteiger partial charge is 0.462 e. The lowest BCUT2D eigenvalue weighted by atomic mass is 10.0. The molecule has 12 heteroatoms. The summed E-state index contributed by atoms with van der Waals surface area (Å²) in [6.07, 6.45) is 3.55. The summed E-state index contributed by atoms with van der Waals surface area (Å²) in [6.45, 7) is 7.01. The lowest BCUT2D eigenvalue weighted by molar-refractivity contribution is -0.142. The van der Waals surface area contributed by atoms with Gasteiger partial charge in [-0.2, -0.15) is 0 Å². The van der Waals surface area contributed by atoms with Crippen molar-refractivity contribution in [2.75, 3.05) is 32.8 Å². The molecule has 12 nitrogen and oxygen atoms in total. The number of unbranched alkanes of at least 4 members (excludes halogenated alkanes) is 3. The minimum Gasteiger partial charge on any atom is -0.462 e. The number of Topliss-reactive ketones (excluding diaryl/α,β-unsaturated/α-hetero) is 1. The van der Waals surface area contributed by atoms with Gasteiger partial charge in [0.25, 0.3) is 0 Å². The van der Waals surface area contributed by atoms with Crippen molar-refractivity contribution < 1.29 is 38.1 Å². The number of esters is 2. The van der Waals surface area contributed by atoms with E-state index in [1.807, 2.05) is 97.1 Å². The highest BCUT2D eigenvalue weighted by Crippen LogP contribution is 2.42. The van der Waals surface area contributed by atoms with Gasteiger partial charge in [0.05, 0.1) is 0 Å². The van der Waals surface area contributed by atoms with Gasteiger partial charge in [-0.05, 0) is 213 Å². The van der Waals surface area contributed by atoms with E-state index in [9.17, 15) is 19.2 Å². The number of anilines is 12. The maximum atomic E-state index is 12.7. The molecule has 0 aromatic heterocycles. The molecule has 0 aliphatic heterocycles. The molecule has 0 spiro atoms. The zero-order chi connectivity index (χ0) is 69.4. The number of hydrogen-bond donors (Lipinski definition) is 0. The van der Waals surface area contributed by atoms with E-state index in [1.54, 1.807) is 19.1 Å². The molecular weight excluding hydrogens is 1240 g/mol. The molecule has 100 heavy (non-hydrogen) atoms. The van der Waals surface area contributed by atoms with Gasteiger partial charge in [0.1, 0.15) is 30.5 Å². The average molecular weight is 1320 g/mol. The number of carbonyl (C=O) groups is 4. The summed E-state index contributed by atoms with van der Waals surface area (Å²) in [5.41, 5.74) is 19.0. The van der Waals surface area contributed by atoms with Crippen LogP contribution in [0.3, 0.4) is 0 Å². The van der Waals surface area contributed by atoms with Gasteiger partial charge in [-0.15, -0.1) is 0 Å². The fraction of sp³-hybridized carbons (Fsp3) is 0.136. The van der Waals surface area contributed by atoms with Gasteiger partial charge in [-0.25, -0.2) is 4.79 Å². The first kappa shape index (κ1) is 69.1. The van der Waals surface area contributed by atoms with Gasteiger partial charge in [0.15, 0.2) is 0 Å². The molecule has 0 aliphatic carbocycles. The fourth-order valence-corrected chi connectivity index (χ4v) is 11.8. The summed E-state index contributed by atoms with van der Waals surface area (Å²) in [5.74, 6) is 0.363. The summed E-state index contributed by atoms with van der Waals surface area (Å²) in [7, 11) is 0.